The van der Waals surface area contributed by atoms with Crippen LogP contribution < -0.4 is 10.9 Å². The van der Waals surface area contributed by atoms with Gasteiger partial charge < -0.3 is 10.3 Å². The number of aromatic nitrogens is 2. The molecule has 1 aromatic carbocycles. The van der Waals surface area contributed by atoms with Crippen molar-refractivity contribution in [3.8, 4) is 10.4 Å². The highest BCUT2D eigenvalue weighted by molar-refractivity contribution is 7.18. The van der Waals surface area contributed by atoms with Gasteiger partial charge in [-0.3, -0.25) is 4.79 Å². The number of nitrogens with zero attached hydrogens (tertiary/aromatic N) is 1. The Labute approximate surface area is 169 Å². The van der Waals surface area contributed by atoms with Gasteiger partial charge >= 0.3 is 0 Å². The van der Waals surface area contributed by atoms with Crippen molar-refractivity contribution >= 4 is 44.5 Å². The number of fused-ring (bicyclic) bond motifs is 1. The van der Waals surface area contributed by atoms with E-state index in [0.29, 0.717) is 11.2 Å². The molecule has 4 rings (SSSR count). The number of H-pyrrole nitrogens is 1. The highest BCUT2D eigenvalue weighted by atomic mass is 35.5. The lowest BCUT2D eigenvalue weighted by atomic mass is 10.1. The predicted molar refractivity (Wildman–Crippen MR) is 114 cm³/mol. The zero-order chi connectivity index (χ0) is 19.0. The molecule has 2 atom stereocenters. The SMILES string of the molecule is C[C@H]([NH2+][C@H](C)c1nc2scc(-c3cccs3)c2c(=O)[nH]1)c1ccc(Cl)cc1. The molecule has 0 saturated carbocycles. The first-order valence-corrected chi connectivity index (χ1v) is 10.8. The second-order valence-electron chi connectivity index (χ2n) is 6.58. The Bertz CT molecular complexity index is 1120. The Hall–Kier alpha value is -1.99. The molecule has 0 fully saturated rings. The van der Waals surface area contributed by atoms with Crippen LogP contribution in [0, 0.1) is 0 Å². The summed E-state index contributed by atoms with van der Waals surface area (Å²) in [5.41, 5.74) is 2.08. The fraction of sp³-hybridized carbons (Fsp3) is 0.200. The molecule has 0 aliphatic rings. The molecule has 3 heterocycles. The lowest BCUT2D eigenvalue weighted by Crippen LogP contribution is -2.85. The number of halogens is 1. The van der Waals surface area contributed by atoms with Gasteiger partial charge in [-0.1, -0.05) is 29.8 Å². The number of nitrogens with two attached hydrogens (primary N) is 1. The molecule has 4 nitrogen and oxygen atoms in total. The lowest BCUT2D eigenvalue weighted by molar-refractivity contribution is -0.729. The number of rotatable bonds is 5. The average molecular weight is 417 g/mol. The third-order valence-corrected chi connectivity index (χ3v) is 6.68. The van der Waals surface area contributed by atoms with Gasteiger partial charge in [-0.25, -0.2) is 4.98 Å². The molecule has 0 aliphatic carbocycles. The minimum absolute atomic E-state index is 0.0278. The first-order chi connectivity index (χ1) is 13.0. The van der Waals surface area contributed by atoms with Gasteiger partial charge in [0.1, 0.15) is 16.9 Å². The molecule has 7 heteroatoms. The van der Waals surface area contributed by atoms with E-state index < -0.39 is 0 Å². The first kappa shape index (κ1) is 18.4. The minimum atomic E-state index is -0.0703. The molecule has 0 bridgehead atoms. The summed E-state index contributed by atoms with van der Waals surface area (Å²) in [7, 11) is 0. The smallest absolute Gasteiger partial charge is 0.260 e. The van der Waals surface area contributed by atoms with Crippen molar-refractivity contribution < 1.29 is 5.32 Å². The van der Waals surface area contributed by atoms with Gasteiger partial charge in [0.05, 0.1) is 5.39 Å². The summed E-state index contributed by atoms with van der Waals surface area (Å²) >= 11 is 9.13. The van der Waals surface area contributed by atoms with Gasteiger partial charge in [-0.15, -0.1) is 22.7 Å². The van der Waals surface area contributed by atoms with Crippen molar-refractivity contribution in [1.29, 1.82) is 0 Å². The zero-order valence-corrected chi connectivity index (χ0v) is 17.3. The second kappa shape index (κ2) is 7.56. The average Bonchev–Trinajstić information content (AvgIpc) is 3.31. The summed E-state index contributed by atoms with van der Waals surface area (Å²) in [5.74, 6) is 0.702. The molecule has 0 saturated heterocycles. The number of quaternary nitrogens is 1. The van der Waals surface area contributed by atoms with E-state index in [0.717, 1.165) is 20.3 Å². The Kier molecular flexibility index (Phi) is 5.14. The van der Waals surface area contributed by atoms with Gasteiger partial charge in [0.15, 0.2) is 5.82 Å². The van der Waals surface area contributed by atoms with E-state index in [9.17, 15) is 4.79 Å². The van der Waals surface area contributed by atoms with Crippen LogP contribution in [0.4, 0.5) is 0 Å². The second-order valence-corrected chi connectivity index (χ2v) is 8.82. The standard InChI is InChI=1S/C20H18ClN3OS2/c1-11(13-5-7-14(21)8-6-13)22-12(2)18-23-19(25)17-15(10-27-20(17)24-18)16-4-3-9-26-16/h3-12,22H,1-2H3,(H,23,24,25)/p+1/t11-,12+/m0/s1. The van der Waals surface area contributed by atoms with E-state index in [1.165, 1.54) is 16.9 Å². The number of hydrogen-bond donors (Lipinski definition) is 2. The quantitative estimate of drug-likeness (QED) is 0.493. The van der Waals surface area contributed by atoms with Gasteiger partial charge in [0, 0.05) is 26.4 Å². The number of nitrogens with one attached hydrogen (secondary N) is 1. The Morgan fingerprint density at radius 2 is 1.89 bits per heavy atom. The van der Waals surface area contributed by atoms with Crippen LogP contribution in [-0.4, -0.2) is 9.97 Å². The van der Waals surface area contributed by atoms with Crippen LogP contribution in [0.25, 0.3) is 20.7 Å². The summed E-state index contributed by atoms with van der Waals surface area (Å²) in [6, 6.07) is 12.1. The number of hydrogen-bond acceptors (Lipinski definition) is 4. The van der Waals surface area contributed by atoms with Crippen LogP contribution in [0.1, 0.15) is 37.3 Å². The van der Waals surface area contributed by atoms with Crippen molar-refractivity contribution in [2.75, 3.05) is 0 Å². The Morgan fingerprint density at radius 1 is 1.11 bits per heavy atom. The van der Waals surface area contributed by atoms with Crippen LogP contribution >= 0.6 is 34.3 Å². The summed E-state index contributed by atoms with van der Waals surface area (Å²) < 4.78 is 0. The molecule has 3 aromatic heterocycles. The van der Waals surface area contributed by atoms with E-state index in [-0.39, 0.29) is 17.6 Å². The van der Waals surface area contributed by atoms with Crippen molar-refractivity contribution in [3.05, 3.63) is 73.9 Å². The van der Waals surface area contributed by atoms with Crippen molar-refractivity contribution in [3.63, 3.8) is 0 Å². The fourth-order valence-corrected chi connectivity index (χ4v) is 5.09. The van der Waals surface area contributed by atoms with Crippen molar-refractivity contribution in [2.45, 2.75) is 25.9 Å². The van der Waals surface area contributed by atoms with Crippen LogP contribution in [0.3, 0.4) is 0 Å². The summed E-state index contributed by atoms with van der Waals surface area (Å²) in [4.78, 5) is 22.4. The Morgan fingerprint density at radius 3 is 2.59 bits per heavy atom. The number of aromatic amines is 1. The maximum atomic E-state index is 12.8. The summed E-state index contributed by atoms with van der Waals surface area (Å²) in [6.07, 6.45) is 0. The molecule has 0 aliphatic heterocycles. The molecule has 3 N–H and O–H groups in total. The summed E-state index contributed by atoms with van der Waals surface area (Å²) in [6.45, 7) is 4.20. The zero-order valence-electron chi connectivity index (χ0n) is 14.9. The van der Waals surface area contributed by atoms with Gasteiger partial charge in [0.25, 0.3) is 5.56 Å². The van der Waals surface area contributed by atoms with Crippen LogP contribution in [0.15, 0.2) is 52.0 Å². The molecule has 0 spiro atoms. The van der Waals surface area contributed by atoms with Crippen molar-refractivity contribution in [1.82, 2.24) is 9.97 Å². The molecule has 138 valence electrons. The molecule has 0 amide bonds. The van der Waals surface area contributed by atoms with Gasteiger partial charge in [-0.2, -0.15) is 0 Å². The maximum absolute atomic E-state index is 12.8. The van der Waals surface area contributed by atoms with Gasteiger partial charge in [-0.05, 0) is 37.4 Å². The van der Waals surface area contributed by atoms with Crippen LogP contribution in [0.2, 0.25) is 5.02 Å². The predicted octanol–water partition coefficient (Wildman–Crippen LogP) is 4.75. The van der Waals surface area contributed by atoms with E-state index in [1.54, 1.807) is 11.3 Å². The van der Waals surface area contributed by atoms with E-state index in [4.69, 9.17) is 16.6 Å². The third kappa shape index (κ3) is 3.71. The summed E-state index contributed by atoms with van der Waals surface area (Å²) in [5, 5.41) is 7.65. The van der Waals surface area contributed by atoms with Gasteiger partial charge in [0.2, 0.25) is 0 Å². The first-order valence-electron chi connectivity index (χ1n) is 8.68. The molecular formula is C20H19ClN3OS2+. The van der Waals surface area contributed by atoms with E-state index in [1.807, 2.05) is 47.2 Å². The molecule has 0 radical (unpaired) electrons. The Balaban J connectivity index is 1.62. The molecule has 27 heavy (non-hydrogen) atoms. The van der Waals surface area contributed by atoms with E-state index >= 15 is 0 Å². The largest absolute Gasteiger partial charge is 0.332 e. The minimum Gasteiger partial charge on any atom is -0.332 e. The number of thiophene rings is 2. The third-order valence-electron chi connectivity index (χ3n) is 4.65. The number of benzene rings is 1. The van der Waals surface area contributed by atoms with E-state index in [2.05, 4.69) is 24.1 Å². The normalized spacial score (nSPS) is 13.7. The molecular weight excluding hydrogens is 398 g/mol. The van der Waals surface area contributed by atoms with Crippen LogP contribution in [0.5, 0.6) is 0 Å². The highest BCUT2D eigenvalue weighted by Gasteiger charge is 2.20. The maximum Gasteiger partial charge on any atom is 0.260 e. The molecule has 0 unspecified atom stereocenters. The van der Waals surface area contributed by atoms with Crippen molar-refractivity contribution in [2.24, 2.45) is 0 Å². The molecule has 4 aromatic rings. The lowest BCUT2D eigenvalue weighted by Gasteiger charge is -2.16. The topological polar surface area (TPSA) is 62.4 Å². The monoisotopic (exact) mass is 416 g/mol. The fourth-order valence-electron chi connectivity index (χ4n) is 3.20. The highest BCUT2D eigenvalue weighted by Crippen LogP contribution is 2.33. The van der Waals surface area contributed by atoms with Crippen LogP contribution in [-0.2, 0) is 0 Å².